The number of ether oxygens (including phenoxy) is 1. The van der Waals surface area contributed by atoms with Gasteiger partial charge in [0.2, 0.25) is 0 Å². The molecule has 6 nitrogen and oxygen atoms in total. The molecular formula is C15H11F5N4O2S. The zero-order valence-corrected chi connectivity index (χ0v) is 14.3. The molecule has 2 heterocycles. The topological polar surface area (TPSA) is 68.5 Å². The summed E-state index contributed by atoms with van der Waals surface area (Å²) in [7, 11) is 0. The van der Waals surface area contributed by atoms with Gasteiger partial charge < -0.3 is 4.74 Å². The number of amides is 1. The lowest BCUT2D eigenvalue weighted by molar-refractivity contribution is -0.137. The summed E-state index contributed by atoms with van der Waals surface area (Å²) in [6.45, 7) is -2.97. The van der Waals surface area contributed by atoms with Crippen LogP contribution in [0.4, 0.5) is 26.7 Å². The predicted molar refractivity (Wildman–Crippen MR) is 87.4 cm³/mol. The molecule has 1 aliphatic heterocycles. The van der Waals surface area contributed by atoms with Gasteiger partial charge in [-0.2, -0.15) is 32.2 Å². The fraction of sp³-hybridized carbons (Fsp3) is 0.267. The van der Waals surface area contributed by atoms with Crippen LogP contribution in [0.2, 0.25) is 0 Å². The number of carbonyl (C=O) groups excluding carboxylic acids is 1. The summed E-state index contributed by atoms with van der Waals surface area (Å²) in [5.41, 5.74) is -0.115. The number of cyclic esters (lactones) is 1. The van der Waals surface area contributed by atoms with Crippen LogP contribution in [0.25, 0.3) is 11.1 Å². The Morgan fingerprint density at radius 2 is 2.04 bits per heavy atom. The molecule has 1 aliphatic rings. The second kappa shape index (κ2) is 7.18. The zero-order chi connectivity index (χ0) is 19.8. The van der Waals surface area contributed by atoms with Gasteiger partial charge in [0.25, 0.3) is 0 Å². The van der Waals surface area contributed by atoms with E-state index in [0.717, 1.165) is 36.3 Å². The molecule has 1 atom stereocenters. The Bertz CT molecular complexity index is 897. The number of hydrazone groups is 1. The highest BCUT2D eigenvalue weighted by Crippen LogP contribution is 2.38. The molecule has 1 N–H and O–H groups in total. The zero-order valence-electron chi connectivity index (χ0n) is 13.5. The van der Waals surface area contributed by atoms with E-state index in [4.69, 9.17) is 4.74 Å². The van der Waals surface area contributed by atoms with Crippen molar-refractivity contribution in [1.82, 2.24) is 15.2 Å². The van der Waals surface area contributed by atoms with Crippen LogP contribution >= 0.6 is 11.8 Å². The molecule has 3 rings (SSSR count). The van der Waals surface area contributed by atoms with Crippen molar-refractivity contribution in [1.29, 1.82) is 0 Å². The van der Waals surface area contributed by atoms with Crippen molar-refractivity contribution in [2.24, 2.45) is 5.10 Å². The third kappa shape index (κ3) is 3.89. The van der Waals surface area contributed by atoms with Gasteiger partial charge in [-0.1, -0.05) is 12.1 Å². The largest absolute Gasteiger partial charge is 0.429 e. The molecule has 1 aromatic carbocycles. The van der Waals surface area contributed by atoms with Crippen LogP contribution in [0, 0.1) is 0 Å². The van der Waals surface area contributed by atoms with Crippen LogP contribution in [-0.4, -0.2) is 33.3 Å². The number of benzene rings is 1. The van der Waals surface area contributed by atoms with E-state index in [1.807, 2.05) is 0 Å². The molecule has 27 heavy (non-hydrogen) atoms. The Balaban J connectivity index is 2.08. The molecule has 0 aliphatic carbocycles. The Morgan fingerprint density at radius 3 is 2.63 bits per heavy atom. The number of hydrogen-bond donors (Lipinski definition) is 1. The molecule has 0 saturated carbocycles. The number of thioether (sulfide) groups is 1. The van der Waals surface area contributed by atoms with Crippen LogP contribution < -0.4 is 5.43 Å². The Labute approximate surface area is 153 Å². The summed E-state index contributed by atoms with van der Waals surface area (Å²) in [6.07, 6.45) is -2.20. The number of alkyl halides is 5. The fourth-order valence-corrected chi connectivity index (χ4v) is 3.07. The molecule has 0 saturated heterocycles. The van der Waals surface area contributed by atoms with Gasteiger partial charge >= 0.3 is 18.8 Å². The van der Waals surface area contributed by atoms with Crippen molar-refractivity contribution in [2.75, 3.05) is 6.26 Å². The smallest absolute Gasteiger partial charge is 0.427 e. The summed E-state index contributed by atoms with van der Waals surface area (Å²) < 4.78 is 71.3. The second-order valence-corrected chi connectivity index (χ2v) is 6.23. The van der Waals surface area contributed by atoms with Gasteiger partial charge in [-0.05, 0) is 17.9 Å². The first kappa shape index (κ1) is 19.1. The van der Waals surface area contributed by atoms with E-state index in [0.29, 0.717) is 0 Å². The van der Waals surface area contributed by atoms with E-state index in [2.05, 4.69) is 15.6 Å². The van der Waals surface area contributed by atoms with Gasteiger partial charge in [-0.15, -0.1) is 11.8 Å². The van der Waals surface area contributed by atoms with Crippen LogP contribution in [0.1, 0.15) is 17.7 Å². The van der Waals surface area contributed by atoms with E-state index < -0.39 is 29.8 Å². The fourth-order valence-electron chi connectivity index (χ4n) is 2.47. The number of halogens is 5. The van der Waals surface area contributed by atoms with Crippen molar-refractivity contribution >= 4 is 23.6 Å². The number of aromatic nitrogens is 2. The van der Waals surface area contributed by atoms with Crippen LogP contribution in [0.5, 0.6) is 0 Å². The van der Waals surface area contributed by atoms with Gasteiger partial charge in [0.05, 0.1) is 11.8 Å². The molecule has 0 fully saturated rings. The van der Waals surface area contributed by atoms with Gasteiger partial charge in [-0.25, -0.2) is 14.9 Å². The predicted octanol–water partition coefficient (Wildman–Crippen LogP) is 4.10. The standard InChI is InChI=1S/C15H11F5N4O2S/c1-27-12-11(22-23-14(25)26-12)7-2-3-9(10(4-7)15(18,19)20)8-5-21-24(6-8)13(16)17/h2-6,12-13H,1H3,(H,23,25). The number of hydrogen-bond acceptors (Lipinski definition) is 5. The monoisotopic (exact) mass is 406 g/mol. The SMILES string of the molecule is CSC1OC(=O)NN=C1c1ccc(-c2cnn(C(F)F)c2)c(C(F)(F)F)c1. The molecule has 144 valence electrons. The molecule has 0 bridgehead atoms. The first-order valence-corrected chi connectivity index (χ1v) is 8.61. The van der Waals surface area contributed by atoms with Crippen molar-refractivity contribution in [2.45, 2.75) is 18.2 Å². The number of nitrogens with zero attached hydrogens (tertiary/aromatic N) is 3. The van der Waals surface area contributed by atoms with Crippen molar-refractivity contribution in [3.05, 3.63) is 41.7 Å². The lowest BCUT2D eigenvalue weighted by Crippen LogP contribution is -2.37. The summed E-state index contributed by atoms with van der Waals surface area (Å²) in [6, 6.07) is 3.31. The van der Waals surface area contributed by atoms with Gasteiger partial charge in [0.15, 0.2) is 5.44 Å². The second-order valence-electron chi connectivity index (χ2n) is 5.33. The van der Waals surface area contributed by atoms with Gasteiger partial charge in [0.1, 0.15) is 5.71 Å². The summed E-state index contributed by atoms with van der Waals surface area (Å²) in [4.78, 5) is 11.2. The number of rotatable bonds is 4. The minimum atomic E-state index is -4.76. The van der Waals surface area contributed by atoms with E-state index in [1.165, 1.54) is 6.07 Å². The molecule has 0 spiro atoms. The third-order valence-corrected chi connectivity index (χ3v) is 4.40. The third-order valence-electron chi connectivity index (χ3n) is 3.65. The van der Waals surface area contributed by atoms with E-state index >= 15 is 0 Å². The van der Waals surface area contributed by atoms with Crippen molar-refractivity contribution in [3.8, 4) is 11.1 Å². The molecule has 2 aromatic rings. The van der Waals surface area contributed by atoms with Crippen LogP contribution in [0.3, 0.4) is 0 Å². The maximum absolute atomic E-state index is 13.6. The van der Waals surface area contributed by atoms with Gasteiger partial charge in [-0.3, -0.25) is 0 Å². The normalized spacial score (nSPS) is 17.5. The Morgan fingerprint density at radius 1 is 1.30 bits per heavy atom. The van der Waals surface area contributed by atoms with E-state index in [-0.39, 0.29) is 27.1 Å². The lowest BCUT2D eigenvalue weighted by Gasteiger charge is -2.23. The first-order chi connectivity index (χ1) is 12.7. The quantitative estimate of drug-likeness (QED) is 0.777. The summed E-state index contributed by atoms with van der Waals surface area (Å²) >= 11 is 1.08. The summed E-state index contributed by atoms with van der Waals surface area (Å²) in [5.74, 6) is 0. The Hall–Kier alpha value is -2.63. The molecular weight excluding hydrogens is 395 g/mol. The lowest BCUT2D eigenvalue weighted by atomic mass is 9.97. The maximum Gasteiger partial charge on any atom is 0.429 e. The average Bonchev–Trinajstić information content (AvgIpc) is 3.10. The Kier molecular flexibility index (Phi) is 5.09. The number of carbonyl (C=O) groups is 1. The van der Waals surface area contributed by atoms with Gasteiger partial charge in [0, 0.05) is 17.3 Å². The highest BCUT2D eigenvalue weighted by atomic mass is 32.2. The van der Waals surface area contributed by atoms with E-state index in [1.54, 1.807) is 6.26 Å². The molecule has 1 aromatic heterocycles. The highest BCUT2D eigenvalue weighted by molar-refractivity contribution is 7.99. The summed E-state index contributed by atoms with van der Waals surface area (Å²) in [5, 5.41) is 7.14. The molecule has 1 unspecified atom stereocenters. The number of nitrogens with one attached hydrogen (secondary N) is 1. The highest BCUT2D eigenvalue weighted by Gasteiger charge is 2.36. The molecule has 12 heteroatoms. The van der Waals surface area contributed by atoms with Crippen LogP contribution in [0.15, 0.2) is 35.7 Å². The minimum Gasteiger partial charge on any atom is -0.427 e. The minimum absolute atomic E-state index is 0.0756. The molecule has 0 radical (unpaired) electrons. The van der Waals surface area contributed by atoms with Crippen LogP contribution in [-0.2, 0) is 10.9 Å². The van der Waals surface area contributed by atoms with Crippen molar-refractivity contribution < 1.29 is 31.5 Å². The van der Waals surface area contributed by atoms with E-state index in [9.17, 15) is 26.7 Å². The first-order valence-electron chi connectivity index (χ1n) is 7.32. The maximum atomic E-state index is 13.6. The van der Waals surface area contributed by atoms with Crippen molar-refractivity contribution in [3.63, 3.8) is 0 Å². The molecule has 1 amide bonds. The average molecular weight is 406 g/mol.